The summed E-state index contributed by atoms with van der Waals surface area (Å²) in [6.07, 6.45) is 14.0. The van der Waals surface area contributed by atoms with Crippen LogP contribution in [0.2, 0.25) is 0 Å². The summed E-state index contributed by atoms with van der Waals surface area (Å²) in [5, 5.41) is 9.51. The van der Waals surface area contributed by atoms with Gasteiger partial charge in [-0.3, -0.25) is 0 Å². The lowest BCUT2D eigenvalue weighted by molar-refractivity contribution is 0.362. The largest absolute Gasteiger partial charge is 0.355 e. The zero-order valence-electron chi connectivity index (χ0n) is 14.7. The molecule has 0 saturated carbocycles. The van der Waals surface area contributed by atoms with Gasteiger partial charge in [-0.25, -0.2) is 9.97 Å². The van der Waals surface area contributed by atoms with E-state index in [4.69, 9.17) is 4.98 Å². The Morgan fingerprint density at radius 2 is 2.12 bits per heavy atom. The van der Waals surface area contributed by atoms with Crippen molar-refractivity contribution in [1.29, 1.82) is 5.26 Å². The Kier molecular flexibility index (Phi) is 4.69. The smallest absolute Gasteiger partial charge is 0.146 e. The van der Waals surface area contributed by atoms with Crippen LogP contribution < -0.4 is 4.90 Å². The van der Waals surface area contributed by atoms with Crippen LogP contribution in [-0.4, -0.2) is 27.6 Å². The Hall–Kier alpha value is -2.35. The minimum absolute atomic E-state index is 0.763. The molecule has 3 heterocycles. The van der Waals surface area contributed by atoms with Crippen molar-refractivity contribution in [2.24, 2.45) is 5.92 Å². The van der Waals surface area contributed by atoms with Crippen molar-refractivity contribution in [3.05, 3.63) is 41.6 Å². The number of aromatic nitrogens is 3. The number of aryl methyl sites for hydroxylation is 3. The van der Waals surface area contributed by atoms with Crippen LogP contribution in [0.4, 0.5) is 5.82 Å². The normalized spacial score (nSPS) is 17.5. The fraction of sp³-hybridized carbons (Fsp3) is 0.550. The van der Waals surface area contributed by atoms with E-state index in [0.29, 0.717) is 0 Å². The summed E-state index contributed by atoms with van der Waals surface area (Å²) >= 11 is 0. The molecule has 0 atom stereocenters. The van der Waals surface area contributed by atoms with Gasteiger partial charge in [0, 0.05) is 37.7 Å². The van der Waals surface area contributed by atoms with E-state index in [9.17, 15) is 5.26 Å². The number of pyridine rings is 1. The van der Waals surface area contributed by atoms with Crippen LogP contribution in [0.5, 0.6) is 0 Å². The first-order valence-corrected chi connectivity index (χ1v) is 9.47. The minimum atomic E-state index is 0.763. The van der Waals surface area contributed by atoms with E-state index in [2.05, 4.69) is 26.6 Å². The third-order valence-electron chi connectivity index (χ3n) is 5.65. The van der Waals surface area contributed by atoms with Crippen LogP contribution in [0, 0.1) is 17.2 Å². The van der Waals surface area contributed by atoms with Gasteiger partial charge in [0.15, 0.2) is 0 Å². The summed E-state index contributed by atoms with van der Waals surface area (Å²) in [7, 11) is 0. The molecule has 5 heteroatoms. The summed E-state index contributed by atoms with van der Waals surface area (Å²) in [5.41, 5.74) is 3.27. The van der Waals surface area contributed by atoms with Crippen molar-refractivity contribution in [2.75, 3.05) is 18.0 Å². The first-order valence-electron chi connectivity index (χ1n) is 9.47. The molecule has 4 rings (SSSR count). The Balaban J connectivity index is 1.33. The van der Waals surface area contributed by atoms with Gasteiger partial charge in [-0.15, -0.1) is 0 Å². The van der Waals surface area contributed by atoms with E-state index in [-0.39, 0.29) is 0 Å². The highest BCUT2D eigenvalue weighted by Crippen LogP contribution is 2.30. The lowest BCUT2D eigenvalue weighted by Crippen LogP contribution is -2.35. The van der Waals surface area contributed by atoms with Crippen LogP contribution in [-0.2, 0) is 19.4 Å². The Bertz CT molecular complexity index is 751. The average molecular weight is 335 g/mol. The summed E-state index contributed by atoms with van der Waals surface area (Å²) in [4.78, 5) is 11.3. The molecule has 0 radical (unpaired) electrons. The van der Waals surface area contributed by atoms with Gasteiger partial charge in [0.25, 0.3) is 0 Å². The van der Waals surface area contributed by atoms with Crippen LogP contribution in [0.25, 0.3) is 0 Å². The number of nitrogens with zero attached hydrogens (tertiary/aromatic N) is 5. The Morgan fingerprint density at radius 1 is 1.24 bits per heavy atom. The molecule has 0 bridgehead atoms. The van der Waals surface area contributed by atoms with Gasteiger partial charge in [-0.05, 0) is 62.5 Å². The van der Waals surface area contributed by atoms with Crippen LogP contribution in [0.15, 0.2) is 24.8 Å². The van der Waals surface area contributed by atoms with Gasteiger partial charge in [-0.2, -0.15) is 5.26 Å². The number of fused-ring (bicyclic) bond motifs is 1. The average Bonchev–Trinajstić information content (AvgIpc) is 3.32. The van der Waals surface area contributed by atoms with E-state index in [1.807, 2.05) is 18.7 Å². The Morgan fingerprint density at radius 3 is 2.88 bits per heavy atom. The van der Waals surface area contributed by atoms with Crippen LogP contribution in [0.1, 0.15) is 48.9 Å². The van der Waals surface area contributed by atoms with Gasteiger partial charge < -0.3 is 9.47 Å². The van der Waals surface area contributed by atoms with E-state index >= 15 is 0 Å². The first-order chi connectivity index (χ1) is 12.3. The van der Waals surface area contributed by atoms with Crippen molar-refractivity contribution in [3.63, 3.8) is 0 Å². The summed E-state index contributed by atoms with van der Waals surface area (Å²) in [5.74, 6) is 1.72. The number of rotatable bonds is 5. The fourth-order valence-electron chi connectivity index (χ4n) is 4.20. The van der Waals surface area contributed by atoms with Gasteiger partial charge >= 0.3 is 0 Å². The third kappa shape index (κ3) is 3.53. The van der Waals surface area contributed by atoms with Crippen LogP contribution >= 0.6 is 0 Å². The number of anilines is 1. The molecule has 0 aromatic carbocycles. The SMILES string of the molecule is N#Cc1cc2c(nc1N1CCC(CCCn3ccnc3)CC1)CCC2. The van der Waals surface area contributed by atoms with Crippen molar-refractivity contribution >= 4 is 5.82 Å². The quantitative estimate of drug-likeness (QED) is 0.841. The van der Waals surface area contributed by atoms with E-state index in [0.717, 1.165) is 49.8 Å². The van der Waals surface area contributed by atoms with Crippen LogP contribution in [0.3, 0.4) is 0 Å². The van der Waals surface area contributed by atoms with E-state index in [1.165, 1.54) is 43.4 Å². The zero-order valence-corrected chi connectivity index (χ0v) is 14.7. The van der Waals surface area contributed by atoms with Crippen molar-refractivity contribution in [3.8, 4) is 6.07 Å². The predicted molar refractivity (Wildman–Crippen MR) is 97.4 cm³/mol. The van der Waals surface area contributed by atoms with Gasteiger partial charge in [0.2, 0.25) is 0 Å². The zero-order chi connectivity index (χ0) is 17.1. The molecule has 25 heavy (non-hydrogen) atoms. The third-order valence-corrected chi connectivity index (χ3v) is 5.65. The van der Waals surface area contributed by atoms with Crippen molar-refractivity contribution < 1.29 is 0 Å². The molecule has 0 spiro atoms. The highest BCUT2D eigenvalue weighted by atomic mass is 15.2. The van der Waals surface area contributed by atoms with Gasteiger partial charge in [0.05, 0.1) is 11.9 Å². The number of hydrogen-bond acceptors (Lipinski definition) is 4. The number of nitriles is 1. The molecule has 2 aromatic heterocycles. The molecule has 130 valence electrons. The molecule has 2 aliphatic rings. The molecule has 2 aromatic rings. The second-order valence-electron chi connectivity index (χ2n) is 7.30. The van der Waals surface area contributed by atoms with E-state index in [1.54, 1.807) is 0 Å². The summed E-state index contributed by atoms with van der Waals surface area (Å²) in [6.45, 7) is 3.11. The molecule has 5 nitrogen and oxygen atoms in total. The topological polar surface area (TPSA) is 57.7 Å². The lowest BCUT2D eigenvalue weighted by atomic mass is 9.92. The first kappa shape index (κ1) is 16.1. The molecule has 0 N–H and O–H groups in total. The van der Waals surface area contributed by atoms with E-state index < -0.39 is 0 Å². The highest BCUT2D eigenvalue weighted by Gasteiger charge is 2.24. The maximum Gasteiger partial charge on any atom is 0.146 e. The molecule has 1 fully saturated rings. The second kappa shape index (κ2) is 7.26. The molecule has 1 aliphatic carbocycles. The minimum Gasteiger partial charge on any atom is -0.355 e. The number of piperidine rings is 1. The summed E-state index contributed by atoms with van der Waals surface area (Å²) < 4.78 is 2.16. The molecule has 1 aliphatic heterocycles. The standard InChI is InChI=1S/C20H25N5/c21-14-18-13-17-4-1-5-19(17)23-20(18)25-10-6-16(7-11-25)3-2-9-24-12-8-22-15-24/h8,12-13,15-16H,1-7,9-11H2. The number of hydrogen-bond donors (Lipinski definition) is 0. The second-order valence-corrected chi connectivity index (χ2v) is 7.30. The highest BCUT2D eigenvalue weighted by molar-refractivity contribution is 5.57. The fourth-order valence-corrected chi connectivity index (χ4v) is 4.20. The maximum absolute atomic E-state index is 9.51. The van der Waals surface area contributed by atoms with Gasteiger partial charge in [-0.1, -0.05) is 0 Å². The molecule has 0 amide bonds. The lowest BCUT2D eigenvalue weighted by Gasteiger charge is -2.33. The molecular weight excluding hydrogens is 310 g/mol. The van der Waals surface area contributed by atoms with Crippen molar-refractivity contribution in [1.82, 2.24) is 14.5 Å². The predicted octanol–water partition coefficient (Wildman–Crippen LogP) is 3.34. The maximum atomic E-state index is 9.51. The van der Waals surface area contributed by atoms with Gasteiger partial charge in [0.1, 0.15) is 11.9 Å². The number of imidazole rings is 1. The Labute approximate surface area is 149 Å². The monoisotopic (exact) mass is 335 g/mol. The molecule has 0 unspecified atom stereocenters. The van der Waals surface area contributed by atoms with Crippen molar-refractivity contribution in [2.45, 2.75) is 51.5 Å². The molecular formula is C20H25N5. The summed E-state index contributed by atoms with van der Waals surface area (Å²) in [6, 6.07) is 4.46. The molecule has 1 saturated heterocycles.